The summed E-state index contributed by atoms with van der Waals surface area (Å²) < 4.78 is 2.48. The van der Waals surface area contributed by atoms with Crippen LogP contribution in [0.2, 0.25) is 0 Å². The van der Waals surface area contributed by atoms with E-state index in [1.807, 2.05) is 36.4 Å². The van der Waals surface area contributed by atoms with Gasteiger partial charge in [-0.1, -0.05) is 42.5 Å². The molecule has 31 heavy (non-hydrogen) atoms. The Morgan fingerprint density at radius 3 is 2.35 bits per heavy atom. The molecule has 7 heteroatoms. The van der Waals surface area contributed by atoms with Gasteiger partial charge in [0.05, 0.1) is 6.54 Å². The van der Waals surface area contributed by atoms with Crippen LogP contribution in [0.5, 0.6) is 0 Å². The van der Waals surface area contributed by atoms with Gasteiger partial charge in [-0.05, 0) is 30.2 Å². The van der Waals surface area contributed by atoms with E-state index in [1.54, 1.807) is 4.90 Å². The maximum absolute atomic E-state index is 12.8. The van der Waals surface area contributed by atoms with Crippen LogP contribution in [0.1, 0.15) is 11.1 Å². The highest BCUT2D eigenvalue weighted by Crippen LogP contribution is 2.17. The summed E-state index contributed by atoms with van der Waals surface area (Å²) >= 11 is 0. The molecule has 0 bridgehead atoms. The molecule has 7 nitrogen and oxygen atoms in total. The van der Waals surface area contributed by atoms with Crippen molar-refractivity contribution in [2.45, 2.75) is 20.0 Å². The summed E-state index contributed by atoms with van der Waals surface area (Å²) in [5.74, 6) is -0.208. The SMILES string of the molecule is Cc1cccc(N2CCN(C(=O)Cn3c(=O)ccn(Cc4ccccc4)c3=O)CC2)c1. The van der Waals surface area contributed by atoms with E-state index in [9.17, 15) is 14.4 Å². The molecular weight excluding hydrogens is 392 g/mol. The van der Waals surface area contributed by atoms with Gasteiger partial charge in [0, 0.05) is 44.1 Å². The number of hydrogen-bond donors (Lipinski definition) is 0. The number of amides is 1. The van der Waals surface area contributed by atoms with E-state index >= 15 is 0 Å². The molecule has 2 aromatic carbocycles. The van der Waals surface area contributed by atoms with E-state index < -0.39 is 11.2 Å². The van der Waals surface area contributed by atoms with Crippen molar-refractivity contribution < 1.29 is 4.79 Å². The lowest BCUT2D eigenvalue weighted by atomic mass is 10.2. The number of benzene rings is 2. The third-order valence-corrected chi connectivity index (χ3v) is 5.63. The van der Waals surface area contributed by atoms with Gasteiger partial charge in [-0.15, -0.1) is 0 Å². The number of piperazine rings is 1. The number of rotatable bonds is 5. The van der Waals surface area contributed by atoms with E-state index in [4.69, 9.17) is 0 Å². The van der Waals surface area contributed by atoms with Crippen LogP contribution >= 0.6 is 0 Å². The smallest absolute Gasteiger partial charge is 0.331 e. The first-order chi connectivity index (χ1) is 15.0. The summed E-state index contributed by atoms with van der Waals surface area (Å²) in [7, 11) is 0. The molecule has 1 aliphatic rings. The predicted molar refractivity (Wildman–Crippen MR) is 120 cm³/mol. The van der Waals surface area contributed by atoms with Gasteiger partial charge in [0.25, 0.3) is 5.56 Å². The Labute approximate surface area is 180 Å². The third kappa shape index (κ3) is 4.77. The highest BCUT2D eigenvalue weighted by Gasteiger charge is 2.22. The minimum Gasteiger partial charge on any atom is -0.368 e. The first-order valence-electron chi connectivity index (χ1n) is 10.4. The van der Waals surface area contributed by atoms with Crippen molar-refractivity contribution in [3.05, 3.63) is 98.8 Å². The van der Waals surface area contributed by atoms with Crippen LogP contribution < -0.4 is 16.1 Å². The lowest BCUT2D eigenvalue weighted by Crippen LogP contribution is -2.51. The fourth-order valence-corrected chi connectivity index (χ4v) is 3.88. The van der Waals surface area contributed by atoms with Crippen LogP contribution in [0.4, 0.5) is 5.69 Å². The standard InChI is InChI=1S/C24H26N4O3/c1-19-6-5-9-21(16-19)25-12-14-26(15-13-25)23(30)18-28-22(29)10-11-27(24(28)31)17-20-7-3-2-4-8-20/h2-11,16H,12-15,17-18H2,1H3. The minimum atomic E-state index is -0.469. The van der Waals surface area contributed by atoms with E-state index in [-0.39, 0.29) is 12.5 Å². The first kappa shape index (κ1) is 20.7. The van der Waals surface area contributed by atoms with Gasteiger partial charge in [0.15, 0.2) is 0 Å². The molecule has 0 spiro atoms. The molecule has 4 rings (SSSR count). The molecule has 0 N–H and O–H groups in total. The fraction of sp³-hybridized carbons (Fsp3) is 0.292. The molecule has 1 aliphatic heterocycles. The summed E-state index contributed by atoms with van der Waals surface area (Å²) in [5.41, 5.74) is 2.37. The normalized spacial score (nSPS) is 14.0. The average Bonchev–Trinajstić information content (AvgIpc) is 2.79. The monoisotopic (exact) mass is 418 g/mol. The Balaban J connectivity index is 1.43. The van der Waals surface area contributed by atoms with E-state index in [2.05, 4.69) is 30.0 Å². The molecule has 1 amide bonds. The molecule has 160 valence electrons. The number of aromatic nitrogens is 2. The van der Waals surface area contributed by atoms with Crippen molar-refractivity contribution in [3.63, 3.8) is 0 Å². The predicted octanol–water partition coefficient (Wildman–Crippen LogP) is 1.72. The van der Waals surface area contributed by atoms with E-state index in [0.29, 0.717) is 19.6 Å². The van der Waals surface area contributed by atoms with E-state index in [1.165, 1.54) is 22.4 Å². The minimum absolute atomic E-state index is 0.208. The number of anilines is 1. The Bertz CT molecular complexity index is 1180. The number of hydrogen-bond acceptors (Lipinski definition) is 4. The second kappa shape index (κ2) is 9.04. The van der Waals surface area contributed by atoms with Crippen LogP contribution in [-0.2, 0) is 17.9 Å². The Morgan fingerprint density at radius 1 is 0.903 bits per heavy atom. The number of carbonyl (C=O) groups is 1. The fourth-order valence-electron chi connectivity index (χ4n) is 3.88. The van der Waals surface area contributed by atoms with Gasteiger partial charge in [0.2, 0.25) is 5.91 Å². The lowest BCUT2D eigenvalue weighted by Gasteiger charge is -2.36. The second-order valence-corrected chi connectivity index (χ2v) is 7.84. The number of carbonyl (C=O) groups excluding carboxylic acids is 1. The summed E-state index contributed by atoms with van der Waals surface area (Å²) in [4.78, 5) is 41.9. The largest absolute Gasteiger partial charge is 0.368 e. The molecule has 1 saturated heterocycles. The summed E-state index contributed by atoms with van der Waals surface area (Å²) in [6.07, 6.45) is 1.49. The Morgan fingerprint density at radius 2 is 1.65 bits per heavy atom. The number of nitrogens with zero attached hydrogens (tertiary/aromatic N) is 4. The van der Waals surface area contributed by atoms with Gasteiger partial charge in [-0.25, -0.2) is 4.79 Å². The molecule has 0 saturated carbocycles. The van der Waals surface area contributed by atoms with Crippen LogP contribution in [0.3, 0.4) is 0 Å². The first-order valence-corrected chi connectivity index (χ1v) is 10.4. The molecular formula is C24H26N4O3. The second-order valence-electron chi connectivity index (χ2n) is 7.84. The molecule has 0 unspecified atom stereocenters. The molecule has 0 radical (unpaired) electrons. The Hall–Kier alpha value is -3.61. The van der Waals surface area contributed by atoms with Crippen LogP contribution in [0, 0.1) is 6.92 Å². The van der Waals surface area contributed by atoms with Crippen molar-refractivity contribution in [2.75, 3.05) is 31.1 Å². The van der Waals surface area contributed by atoms with Gasteiger partial charge in [-0.3, -0.25) is 18.7 Å². The van der Waals surface area contributed by atoms with Crippen LogP contribution in [-0.4, -0.2) is 46.1 Å². The lowest BCUT2D eigenvalue weighted by molar-refractivity contribution is -0.132. The topological polar surface area (TPSA) is 67.5 Å². The molecule has 0 atom stereocenters. The molecule has 1 fully saturated rings. The maximum atomic E-state index is 12.8. The van der Waals surface area contributed by atoms with Gasteiger partial charge in [-0.2, -0.15) is 0 Å². The zero-order valence-corrected chi connectivity index (χ0v) is 17.6. The summed E-state index contributed by atoms with van der Waals surface area (Å²) in [5, 5.41) is 0. The molecule has 3 aromatic rings. The van der Waals surface area contributed by atoms with Crippen molar-refractivity contribution in [3.8, 4) is 0 Å². The van der Waals surface area contributed by atoms with Crippen molar-refractivity contribution in [2.24, 2.45) is 0 Å². The van der Waals surface area contributed by atoms with Gasteiger partial charge in [0.1, 0.15) is 6.54 Å². The number of aryl methyl sites for hydroxylation is 1. The molecule has 0 aliphatic carbocycles. The van der Waals surface area contributed by atoms with Crippen molar-refractivity contribution in [1.29, 1.82) is 0 Å². The summed E-state index contributed by atoms with van der Waals surface area (Å²) in [6.45, 7) is 4.74. The van der Waals surface area contributed by atoms with Gasteiger partial charge < -0.3 is 9.80 Å². The zero-order chi connectivity index (χ0) is 21.8. The highest BCUT2D eigenvalue weighted by molar-refractivity contribution is 5.76. The summed E-state index contributed by atoms with van der Waals surface area (Å²) in [6, 6.07) is 19.2. The van der Waals surface area contributed by atoms with Crippen LogP contribution in [0.25, 0.3) is 0 Å². The highest BCUT2D eigenvalue weighted by atomic mass is 16.2. The quantitative estimate of drug-likeness (QED) is 0.633. The van der Waals surface area contributed by atoms with Crippen LogP contribution in [0.15, 0.2) is 76.4 Å². The molecule has 1 aromatic heterocycles. The van der Waals surface area contributed by atoms with Gasteiger partial charge >= 0.3 is 5.69 Å². The van der Waals surface area contributed by atoms with Crippen molar-refractivity contribution in [1.82, 2.24) is 14.0 Å². The third-order valence-electron chi connectivity index (χ3n) is 5.63. The maximum Gasteiger partial charge on any atom is 0.331 e. The average molecular weight is 418 g/mol. The Kier molecular flexibility index (Phi) is 6.02. The molecule has 2 heterocycles. The van der Waals surface area contributed by atoms with Crippen molar-refractivity contribution >= 4 is 11.6 Å². The van der Waals surface area contributed by atoms with E-state index in [0.717, 1.165) is 28.9 Å². The zero-order valence-electron chi connectivity index (χ0n) is 17.6.